The third kappa shape index (κ3) is 5.53. The van der Waals surface area contributed by atoms with E-state index in [2.05, 4.69) is 0 Å². The number of carbonyl (C=O) groups is 8. The lowest BCUT2D eigenvalue weighted by atomic mass is 9.82. The second kappa shape index (κ2) is 13.1. The first-order valence-corrected chi connectivity index (χ1v) is 17.0. The maximum atomic E-state index is 13.5. The van der Waals surface area contributed by atoms with Crippen LogP contribution < -0.4 is 19.6 Å². The molecule has 4 aliphatic heterocycles. The molecule has 3 aromatic carbocycles. The van der Waals surface area contributed by atoms with E-state index in [-0.39, 0.29) is 39.5 Å². The lowest BCUT2D eigenvalue weighted by molar-refractivity contribution is -0.121. The molecular weight excluding hydrogens is 770 g/mol. The highest BCUT2D eigenvalue weighted by Gasteiger charge is 2.44. The summed E-state index contributed by atoms with van der Waals surface area (Å²) in [5, 5.41) is -2.25. The fourth-order valence-electron chi connectivity index (χ4n) is 6.44. The van der Waals surface area contributed by atoms with E-state index in [9.17, 15) is 38.4 Å². The Hall–Kier alpha value is -5.66. The molecular formula is C37H20Cl4N4O8. The molecule has 3 aromatic rings. The van der Waals surface area contributed by atoms with Crippen LogP contribution in [-0.4, -0.2) is 47.3 Å². The van der Waals surface area contributed by atoms with Crippen LogP contribution in [0.2, 0.25) is 0 Å². The molecule has 0 bridgehead atoms. The zero-order valence-corrected chi connectivity index (χ0v) is 30.2. The second-order valence-corrected chi connectivity index (χ2v) is 13.6. The van der Waals surface area contributed by atoms with E-state index in [1.807, 2.05) is 0 Å². The minimum Gasteiger partial charge on any atom is -0.269 e. The average molecular weight is 790 g/mol. The number of hydrogen-bond acceptors (Lipinski definition) is 8. The molecule has 0 atom stereocenters. The Morgan fingerprint density at radius 2 is 0.755 bits per heavy atom. The molecule has 0 saturated heterocycles. The quantitative estimate of drug-likeness (QED) is 0.221. The van der Waals surface area contributed by atoms with E-state index in [0.29, 0.717) is 20.9 Å². The Labute approximate surface area is 319 Å². The molecule has 0 radical (unpaired) electrons. The number of imide groups is 4. The Bertz CT molecular complexity index is 2220. The molecule has 7 rings (SSSR count). The van der Waals surface area contributed by atoms with Crippen LogP contribution in [0.5, 0.6) is 0 Å². The summed E-state index contributed by atoms with van der Waals surface area (Å²) in [7, 11) is 0. The fraction of sp³-hybridized carbons (Fsp3) is 0.0811. The molecule has 0 fully saturated rings. The van der Waals surface area contributed by atoms with Gasteiger partial charge in [-0.15, -0.1) is 0 Å². The van der Waals surface area contributed by atoms with E-state index in [0.717, 1.165) is 9.80 Å². The average Bonchev–Trinajstić information content (AvgIpc) is 3.70. The van der Waals surface area contributed by atoms with Crippen LogP contribution in [0.3, 0.4) is 0 Å². The highest BCUT2D eigenvalue weighted by molar-refractivity contribution is 6.63. The zero-order valence-electron chi connectivity index (χ0n) is 27.1. The molecule has 0 aliphatic carbocycles. The molecule has 0 saturated carbocycles. The highest BCUT2D eigenvalue weighted by Crippen LogP contribution is 2.48. The molecule has 0 unspecified atom stereocenters. The van der Waals surface area contributed by atoms with Gasteiger partial charge in [0.15, 0.2) is 0 Å². The van der Waals surface area contributed by atoms with Crippen molar-refractivity contribution in [2.24, 2.45) is 0 Å². The van der Waals surface area contributed by atoms with Gasteiger partial charge in [-0.1, -0.05) is 76.7 Å². The predicted molar refractivity (Wildman–Crippen MR) is 195 cm³/mol. The molecule has 16 heteroatoms. The van der Waals surface area contributed by atoms with Gasteiger partial charge in [-0.2, -0.15) is 0 Å². The number of amides is 8. The standard InChI is InChI=1S/C37H20Cl4N4O8/c1-16-14-24(46)42(32(16)48)20-10-6-18(7-11-20)26(19-8-12-21(13-9-19)43-25(47)15-17(2)33(43)49)27-22(44-34(50)28(38)29(39)35(44)51)4-3-5-23(27)45-36(52)30(40)31(41)37(45)53/h3-15,26H,1-2H3. The van der Waals surface area contributed by atoms with Crippen molar-refractivity contribution in [3.63, 3.8) is 0 Å². The van der Waals surface area contributed by atoms with Gasteiger partial charge < -0.3 is 0 Å². The SMILES string of the molecule is CC1=CC(=O)N(c2ccc(C(c3ccc(N4C(=O)C=C(C)C4=O)cc3)c3c(N4C(=O)C(Cl)=C(Cl)C4=O)cccc3N3C(=O)C(Cl)=C(Cl)C3=O)cc2)C1=O. The molecule has 4 heterocycles. The van der Waals surface area contributed by atoms with Gasteiger partial charge in [-0.3, -0.25) is 38.4 Å². The second-order valence-electron chi connectivity index (χ2n) is 12.1. The fourth-order valence-corrected chi connectivity index (χ4v) is 7.10. The van der Waals surface area contributed by atoms with Crippen LogP contribution in [0.15, 0.2) is 110 Å². The number of benzene rings is 3. The number of rotatable bonds is 7. The van der Waals surface area contributed by atoms with Crippen molar-refractivity contribution in [1.29, 1.82) is 0 Å². The molecule has 53 heavy (non-hydrogen) atoms. The Morgan fingerprint density at radius 1 is 0.434 bits per heavy atom. The lowest BCUT2D eigenvalue weighted by Crippen LogP contribution is -2.35. The summed E-state index contributed by atoms with van der Waals surface area (Å²) in [6.07, 6.45) is 2.41. The van der Waals surface area contributed by atoms with Crippen molar-refractivity contribution >= 4 is 116 Å². The topological polar surface area (TPSA) is 150 Å². The minimum absolute atomic E-state index is 0.0275. The molecule has 8 amide bonds. The first kappa shape index (κ1) is 35.7. The van der Waals surface area contributed by atoms with Crippen molar-refractivity contribution in [2.75, 3.05) is 19.6 Å². The summed E-state index contributed by atoms with van der Waals surface area (Å²) in [6, 6.07) is 16.4. The summed E-state index contributed by atoms with van der Waals surface area (Å²) in [4.78, 5) is 108. The van der Waals surface area contributed by atoms with Crippen molar-refractivity contribution < 1.29 is 38.4 Å². The van der Waals surface area contributed by atoms with Gasteiger partial charge in [0.05, 0.1) is 22.7 Å². The van der Waals surface area contributed by atoms with E-state index in [1.54, 1.807) is 24.3 Å². The molecule has 12 nitrogen and oxygen atoms in total. The lowest BCUT2D eigenvalue weighted by Gasteiger charge is -2.30. The molecule has 0 spiro atoms. The van der Waals surface area contributed by atoms with Crippen molar-refractivity contribution in [2.45, 2.75) is 19.8 Å². The third-order valence-electron chi connectivity index (χ3n) is 8.95. The number of anilines is 4. The smallest absolute Gasteiger partial charge is 0.269 e. The summed E-state index contributed by atoms with van der Waals surface area (Å²) < 4.78 is 0. The summed E-state index contributed by atoms with van der Waals surface area (Å²) in [6.45, 7) is 3.02. The Kier molecular flexibility index (Phi) is 8.82. The molecule has 0 N–H and O–H groups in total. The van der Waals surface area contributed by atoms with Crippen LogP contribution in [0.25, 0.3) is 0 Å². The normalized spacial score (nSPS) is 18.0. The number of carbonyl (C=O) groups excluding carboxylic acids is 8. The Balaban J connectivity index is 1.46. The van der Waals surface area contributed by atoms with Crippen molar-refractivity contribution in [3.8, 4) is 0 Å². The number of halogens is 4. The van der Waals surface area contributed by atoms with E-state index >= 15 is 0 Å². The monoisotopic (exact) mass is 788 g/mol. The van der Waals surface area contributed by atoms with Crippen LogP contribution in [0.4, 0.5) is 22.7 Å². The Morgan fingerprint density at radius 3 is 1.04 bits per heavy atom. The first-order valence-electron chi connectivity index (χ1n) is 15.5. The van der Waals surface area contributed by atoms with Gasteiger partial charge in [0.1, 0.15) is 20.1 Å². The number of hydrogen-bond donors (Lipinski definition) is 0. The first-order chi connectivity index (χ1) is 25.1. The van der Waals surface area contributed by atoms with Gasteiger partial charge in [0.2, 0.25) is 0 Å². The largest absolute Gasteiger partial charge is 0.278 e. The van der Waals surface area contributed by atoms with Crippen LogP contribution >= 0.6 is 46.4 Å². The van der Waals surface area contributed by atoms with Crippen molar-refractivity contribution in [3.05, 3.63) is 127 Å². The van der Waals surface area contributed by atoms with Gasteiger partial charge >= 0.3 is 0 Å². The van der Waals surface area contributed by atoms with Crippen molar-refractivity contribution in [1.82, 2.24) is 0 Å². The van der Waals surface area contributed by atoms with Gasteiger partial charge in [0, 0.05) is 34.8 Å². The van der Waals surface area contributed by atoms with Crippen LogP contribution in [0, 0.1) is 0 Å². The maximum Gasteiger partial charge on any atom is 0.278 e. The minimum atomic E-state index is -1.09. The van der Waals surface area contributed by atoms with Crippen LogP contribution in [-0.2, 0) is 38.4 Å². The summed E-state index contributed by atoms with van der Waals surface area (Å²) in [5.74, 6) is -7.15. The van der Waals surface area contributed by atoms with E-state index in [1.165, 1.54) is 68.5 Å². The maximum absolute atomic E-state index is 13.5. The zero-order chi connectivity index (χ0) is 38.2. The van der Waals surface area contributed by atoms with Gasteiger partial charge in [-0.25, -0.2) is 19.6 Å². The van der Waals surface area contributed by atoms with E-state index < -0.39 is 73.3 Å². The molecule has 264 valence electrons. The highest BCUT2D eigenvalue weighted by atomic mass is 35.5. The molecule has 4 aliphatic rings. The van der Waals surface area contributed by atoms with Crippen LogP contribution in [0.1, 0.15) is 36.5 Å². The van der Waals surface area contributed by atoms with Gasteiger partial charge in [0.25, 0.3) is 47.3 Å². The third-order valence-corrected chi connectivity index (χ3v) is 10.5. The summed E-state index contributed by atoms with van der Waals surface area (Å²) in [5.41, 5.74) is 1.52. The van der Waals surface area contributed by atoms with E-state index in [4.69, 9.17) is 46.4 Å². The van der Waals surface area contributed by atoms with Gasteiger partial charge in [-0.05, 0) is 61.4 Å². The summed E-state index contributed by atoms with van der Waals surface area (Å²) >= 11 is 24.6. The number of nitrogens with zero attached hydrogens (tertiary/aromatic N) is 4. The molecule has 0 aromatic heterocycles. The predicted octanol–water partition coefficient (Wildman–Crippen LogP) is 5.63.